The number of fused-ring (bicyclic) bond motifs is 1. The minimum Gasteiger partial charge on any atom is -0.375 e. The number of benzene rings is 1. The summed E-state index contributed by atoms with van der Waals surface area (Å²) in [6.45, 7) is 2.17. The molecule has 3 aromatic heterocycles. The first-order chi connectivity index (χ1) is 18.4. The zero-order valence-corrected chi connectivity index (χ0v) is 22.9. The fourth-order valence-corrected chi connectivity index (χ4v) is 6.53. The number of ether oxygens (including phenoxy) is 4. The quantitative estimate of drug-likeness (QED) is 0.343. The Morgan fingerprint density at radius 3 is 2.79 bits per heavy atom. The van der Waals surface area contributed by atoms with Crippen molar-refractivity contribution < 1.29 is 18.9 Å². The number of nitrogens with zero attached hydrogens (tertiary/aromatic N) is 5. The first kappa shape index (κ1) is 25.7. The lowest BCUT2D eigenvalue weighted by Crippen LogP contribution is -2.70. The summed E-state index contributed by atoms with van der Waals surface area (Å²) in [5.41, 5.74) is 7.59. The van der Waals surface area contributed by atoms with E-state index in [1.807, 2.05) is 48.7 Å². The number of rotatable bonds is 5. The molecule has 1 aromatic carbocycles. The van der Waals surface area contributed by atoms with Crippen LogP contribution in [0.1, 0.15) is 23.1 Å². The standard InChI is InChI=1S/C25H25ClN6O4S2/c1-13-16(8-15(26)9-28-13)25(32-10-17(30-31-32)18-12-38-24(27)29-18)20-19(35-23(37)21(25)33-2)11-34-22(36-20)14-6-4-3-5-7-14/h3-10,12,19-23,37H,11H2,1-2H3,(H2,27,29)/t19-,20+,21+,22?,23-,25?/m1/s1. The van der Waals surface area contributed by atoms with Crippen LogP contribution in [-0.4, -0.2) is 62.4 Å². The van der Waals surface area contributed by atoms with E-state index in [1.165, 1.54) is 11.3 Å². The van der Waals surface area contributed by atoms with E-state index >= 15 is 0 Å². The lowest BCUT2D eigenvalue weighted by molar-refractivity contribution is -0.323. The van der Waals surface area contributed by atoms with Gasteiger partial charge in [0.25, 0.3) is 0 Å². The molecule has 6 atom stereocenters. The van der Waals surface area contributed by atoms with Crippen molar-refractivity contribution in [2.45, 2.75) is 42.5 Å². The molecule has 5 heterocycles. The topological polar surface area (TPSA) is 119 Å². The van der Waals surface area contributed by atoms with Crippen LogP contribution in [0.4, 0.5) is 5.13 Å². The van der Waals surface area contributed by atoms with E-state index in [9.17, 15) is 0 Å². The molecule has 198 valence electrons. The zero-order chi connectivity index (χ0) is 26.4. The van der Waals surface area contributed by atoms with E-state index in [-0.39, 0.29) is 6.61 Å². The monoisotopic (exact) mass is 572 g/mol. The Hall–Kier alpha value is -2.58. The number of thiazole rings is 1. The fourth-order valence-electron chi connectivity index (χ4n) is 5.31. The van der Waals surface area contributed by atoms with Crippen molar-refractivity contribution >= 4 is 40.7 Å². The number of aromatic nitrogens is 5. The smallest absolute Gasteiger partial charge is 0.184 e. The Bertz CT molecular complexity index is 1440. The number of aryl methyl sites for hydroxylation is 1. The van der Waals surface area contributed by atoms with Crippen LogP contribution in [0.2, 0.25) is 5.02 Å². The summed E-state index contributed by atoms with van der Waals surface area (Å²) in [6.07, 6.45) is 0.917. The molecule has 0 radical (unpaired) electrons. The molecule has 0 spiro atoms. The summed E-state index contributed by atoms with van der Waals surface area (Å²) in [5.74, 6) is 0. The highest BCUT2D eigenvalue weighted by atomic mass is 35.5. The maximum absolute atomic E-state index is 6.74. The van der Waals surface area contributed by atoms with Crippen LogP contribution in [0.3, 0.4) is 0 Å². The second kappa shape index (κ2) is 10.2. The summed E-state index contributed by atoms with van der Waals surface area (Å²) in [6, 6.07) is 11.6. The molecule has 0 amide bonds. The molecule has 2 fully saturated rings. The van der Waals surface area contributed by atoms with Gasteiger partial charge in [-0.05, 0) is 13.0 Å². The molecule has 2 saturated heterocycles. The first-order valence-corrected chi connectivity index (χ1v) is 13.6. The Balaban J connectivity index is 1.58. The maximum Gasteiger partial charge on any atom is 0.184 e. The minimum absolute atomic E-state index is 0.261. The largest absolute Gasteiger partial charge is 0.375 e. The summed E-state index contributed by atoms with van der Waals surface area (Å²) in [7, 11) is 1.60. The average molecular weight is 573 g/mol. The van der Waals surface area contributed by atoms with Gasteiger partial charge in [-0.25, -0.2) is 9.67 Å². The number of nitrogen functional groups attached to an aromatic ring is 1. The summed E-state index contributed by atoms with van der Waals surface area (Å²) in [5, 5.41) is 11.8. The molecule has 2 N–H and O–H groups in total. The molecule has 2 aliphatic heterocycles. The predicted octanol–water partition coefficient (Wildman–Crippen LogP) is 3.87. The number of methoxy groups -OCH3 is 1. The third kappa shape index (κ3) is 4.20. The van der Waals surface area contributed by atoms with Gasteiger partial charge in [0.1, 0.15) is 40.7 Å². The van der Waals surface area contributed by atoms with Gasteiger partial charge in [-0.15, -0.1) is 29.1 Å². The van der Waals surface area contributed by atoms with Crippen molar-refractivity contribution in [1.82, 2.24) is 25.0 Å². The van der Waals surface area contributed by atoms with Gasteiger partial charge in [-0.1, -0.05) is 47.1 Å². The average Bonchev–Trinajstić information content (AvgIpc) is 3.59. The van der Waals surface area contributed by atoms with Gasteiger partial charge in [-0.3, -0.25) is 4.98 Å². The highest BCUT2D eigenvalue weighted by Crippen LogP contribution is 2.49. The predicted molar refractivity (Wildman–Crippen MR) is 145 cm³/mol. The molecule has 13 heteroatoms. The second-order valence-corrected chi connectivity index (χ2v) is 10.9. The third-order valence-electron chi connectivity index (χ3n) is 6.93. The molecule has 0 aliphatic carbocycles. The number of thiol groups is 1. The minimum atomic E-state index is -1.14. The fraction of sp³-hybridized carbons (Fsp3) is 0.360. The molecule has 0 bridgehead atoms. The van der Waals surface area contributed by atoms with Gasteiger partial charge >= 0.3 is 0 Å². The third-order valence-corrected chi connectivity index (χ3v) is 8.20. The normalized spacial score (nSPS) is 29.2. The van der Waals surface area contributed by atoms with E-state index in [0.717, 1.165) is 16.8 Å². The first-order valence-electron chi connectivity index (χ1n) is 11.9. The number of pyridine rings is 1. The number of anilines is 1. The molecule has 2 aliphatic rings. The van der Waals surface area contributed by atoms with Crippen LogP contribution in [0.25, 0.3) is 11.4 Å². The van der Waals surface area contributed by atoms with Gasteiger partial charge in [0.2, 0.25) is 0 Å². The van der Waals surface area contributed by atoms with Gasteiger partial charge in [-0.2, -0.15) is 0 Å². The van der Waals surface area contributed by atoms with Gasteiger partial charge < -0.3 is 24.7 Å². The number of nitrogens with two attached hydrogens (primary N) is 1. The van der Waals surface area contributed by atoms with Crippen LogP contribution in [0.5, 0.6) is 0 Å². The Labute approximate surface area is 233 Å². The Kier molecular flexibility index (Phi) is 6.89. The molecule has 2 unspecified atom stereocenters. The van der Waals surface area contributed by atoms with Crippen molar-refractivity contribution in [3.8, 4) is 11.4 Å². The van der Waals surface area contributed by atoms with Crippen molar-refractivity contribution in [2.24, 2.45) is 0 Å². The highest BCUT2D eigenvalue weighted by Gasteiger charge is 2.63. The van der Waals surface area contributed by atoms with Crippen LogP contribution < -0.4 is 5.73 Å². The molecule has 6 rings (SSSR count). The SMILES string of the molecule is CO[C@H]1[C@@H](S)O[C@@H]2COC(c3ccccc3)O[C@@H]2C1(c1cc(Cl)cnc1C)n1cc(-c2csc(N)n2)nn1. The maximum atomic E-state index is 6.74. The van der Waals surface area contributed by atoms with E-state index in [0.29, 0.717) is 21.5 Å². The highest BCUT2D eigenvalue weighted by molar-refractivity contribution is 7.80. The van der Waals surface area contributed by atoms with Crippen LogP contribution in [0.15, 0.2) is 54.2 Å². The molecule has 38 heavy (non-hydrogen) atoms. The summed E-state index contributed by atoms with van der Waals surface area (Å²) < 4.78 is 27.0. The van der Waals surface area contributed by atoms with Crippen molar-refractivity contribution in [3.05, 3.63) is 76.0 Å². The van der Waals surface area contributed by atoms with Crippen LogP contribution >= 0.6 is 35.6 Å². The number of hydrogen-bond donors (Lipinski definition) is 2. The van der Waals surface area contributed by atoms with Crippen LogP contribution in [-0.2, 0) is 24.5 Å². The van der Waals surface area contributed by atoms with Crippen molar-refractivity contribution in [1.29, 1.82) is 0 Å². The molecular weight excluding hydrogens is 548 g/mol. The van der Waals surface area contributed by atoms with Crippen LogP contribution in [0, 0.1) is 6.92 Å². The summed E-state index contributed by atoms with van der Waals surface area (Å²) >= 11 is 12.7. The van der Waals surface area contributed by atoms with E-state index in [4.69, 9.17) is 48.9 Å². The number of halogens is 1. The molecular formula is C25H25ClN6O4S2. The molecule has 10 nitrogen and oxygen atoms in total. The molecule has 0 saturated carbocycles. The van der Waals surface area contributed by atoms with Gasteiger partial charge in [0.15, 0.2) is 11.4 Å². The van der Waals surface area contributed by atoms with E-state index in [1.54, 1.807) is 24.2 Å². The molecule has 4 aromatic rings. The zero-order valence-electron chi connectivity index (χ0n) is 20.5. The Morgan fingerprint density at radius 1 is 1.24 bits per heavy atom. The van der Waals surface area contributed by atoms with Crippen molar-refractivity contribution in [2.75, 3.05) is 19.5 Å². The van der Waals surface area contributed by atoms with Gasteiger partial charge in [0.05, 0.1) is 17.8 Å². The van der Waals surface area contributed by atoms with Gasteiger partial charge in [0, 0.05) is 35.5 Å². The van der Waals surface area contributed by atoms with E-state index in [2.05, 4.69) is 20.3 Å². The van der Waals surface area contributed by atoms with E-state index < -0.39 is 35.6 Å². The number of hydrogen-bond acceptors (Lipinski definition) is 11. The lowest BCUT2D eigenvalue weighted by Gasteiger charge is -2.55. The van der Waals surface area contributed by atoms with Crippen molar-refractivity contribution in [3.63, 3.8) is 0 Å². The summed E-state index contributed by atoms with van der Waals surface area (Å²) in [4.78, 5) is 8.95. The lowest BCUT2D eigenvalue weighted by atomic mass is 9.74. The second-order valence-electron chi connectivity index (χ2n) is 9.09. The Morgan fingerprint density at radius 2 is 2.05 bits per heavy atom.